The van der Waals surface area contributed by atoms with Gasteiger partial charge in [0.2, 0.25) is 0 Å². The molecule has 0 bridgehead atoms. The highest BCUT2D eigenvalue weighted by Crippen LogP contribution is 2.36. The molecule has 1 aliphatic heterocycles. The van der Waals surface area contributed by atoms with Gasteiger partial charge in [0.1, 0.15) is 0 Å². The molecule has 1 aromatic carbocycles. The fourth-order valence-electron chi connectivity index (χ4n) is 2.80. The molecule has 2 aromatic rings. The van der Waals surface area contributed by atoms with E-state index in [0.717, 1.165) is 17.8 Å². The summed E-state index contributed by atoms with van der Waals surface area (Å²) in [5.41, 5.74) is 10.6. The van der Waals surface area contributed by atoms with E-state index in [1.165, 1.54) is 24.1 Å². The molecule has 0 saturated carbocycles. The van der Waals surface area contributed by atoms with Crippen molar-refractivity contribution in [2.45, 2.75) is 25.8 Å². The lowest BCUT2D eigenvalue weighted by Crippen LogP contribution is -2.22. The van der Waals surface area contributed by atoms with Crippen molar-refractivity contribution >= 4 is 11.4 Å². The lowest BCUT2D eigenvalue weighted by Gasteiger charge is -2.27. The number of nitrogens with zero attached hydrogens (tertiary/aromatic N) is 2. The van der Waals surface area contributed by atoms with Gasteiger partial charge in [-0.1, -0.05) is 12.1 Å². The topological polar surface area (TPSA) is 42.2 Å². The maximum atomic E-state index is 6.03. The van der Waals surface area contributed by atoms with E-state index in [2.05, 4.69) is 34.1 Å². The molecule has 3 heteroatoms. The van der Waals surface area contributed by atoms with Gasteiger partial charge in [-0.2, -0.15) is 0 Å². The van der Waals surface area contributed by atoms with E-state index >= 15 is 0 Å². The number of aromatic nitrogens is 1. The third-order valence-electron chi connectivity index (χ3n) is 3.92. The summed E-state index contributed by atoms with van der Waals surface area (Å²) in [5.74, 6) is 0. The van der Waals surface area contributed by atoms with Crippen molar-refractivity contribution in [2.24, 2.45) is 0 Å². The summed E-state index contributed by atoms with van der Waals surface area (Å²) in [6.45, 7) is 3.13. The fraction of sp³-hybridized carbons (Fsp3) is 0.312. The largest absolute Gasteiger partial charge is 0.398 e. The first-order chi connectivity index (χ1) is 9.25. The molecule has 0 amide bonds. The van der Waals surface area contributed by atoms with Gasteiger partial charge in [-0.25, -0.2) is 0 Å². The zero-order valence-corrected chi connectivity index (χ0v) is 11.2. The molecule has 1 atom stereocenters. The van der Waals surface area contributed by atoms with E-state index in [0.29, 0.717) is 6.04 Å². The predicted molar refractivity (Wildman–Crippen MR) is 79.1 cm³/mol. The van der Waals surface area contributed by atoms with Crippen molar-refractivity contribution in [3.8, 4) is 0 Å². The molecule has 1 aromatic heterocycles. The van der Waals surface area contributed by atoms with Crippen LogP contribution in [0.25, 0.3) is 0 Å². The number of pyridine rings is 1. The van der Waals surface area contributed by atoms with Crippen LogP contribution in [0, 0.1) is 6.92 Å². The van der Waals surface area contributed by atoms with E-state index in [1.54, 1.807) is 0 Å². The second-order valence-corrected chi connectivity index (χ2v) is 5.18. The number of aryl methyl sites for hydroxylation is 1. The monoisotopic (exact) mass is 253 g/mol. The first kappa shape index (κ1) is 12.0. The van der Waals surface area contributed by atoms with Crippen molar-refractivity contribution in [3.63, 3.8) is 0 Å². The molecule has 3 rings (SSSR count). The SMILES string of the molecule is Cc1ccc(N2CCCC2c2cccnc2)cc1N. The van der Waals surface area contributed by atoms with E-state index in [4.69, 9.17) is 5.73 Å². The normalized spacial score (nSPS) is 18.8. The minimum Gasteiger partial charge on any atom is -0.398 e. The van der Waals surface area contributed by atoms with Gasteiger partial charge in [0.25, 0.3) is 0 Å². The zero-order chi connectivity index (χ0) is 13.2. The van der Waals surface area contributed by atoms with E-state index in [-0.39, 0.29) is 0 Å². The molecular weight excluding hydrogens is 234 g/mol. The second kappa shape index (κ2) is 4.92. The van der Waals surface area contributed by atoms with Crippen LogP contribution >= 0.6 is 0 Å². The third kappa shape index (κ3) is 2.28. The molecule has 1 unspecified atom stereocenters. The molecule has 2 heterocycles. The number of rotatable bonds is 2. The zero-order valence-electron chi connectivity index (χ0n) is 11.2. The van der Waals surface area contributed by atoms with Crippen molar-refractivity contribution < 1.29 is 0 Å². The third-order valence-corrected chi connectivity index (χ3v) is 3.92. The second-order valence-electron chi connectivity index (χ2n) is 5.18. The number of nitrogen functional groups attached to an aromatic ring is 1. The molecule has 1 saturated heterocycles. The summed E-state index contributed by atoms with van der Waals surface area (Å²) in [6, 6.07) is 11.0. The number of nitrogens with two attached hydrogens (primary N) is 1. The molecule has 1 aliphatic rings. The van der Waals surface area contributed by atoms with Crippen LogP contribution in [-0.4, -0.2) is 11.5 Å². The Bertz CT molecular complexity index is 565. The van der Waals surface area contributed by atoms with Crippen molar-refractivity contribution in [1.29, 1.82) is 0 Å². The van der Waals surface area contributed by atoms with Gasteiger partial charge in [0.15, 0.2) is 0 Å². The average molecular weight is 253 g/mol. The maximum absolute atomic E-state index is 6.03. The summed E-state index contributed by atoms with van der Waals surface area (Å²) in [5, 5.41) is 0. The number of hydrogen-bond donors (Lipinski definition) is 1. The highest BCUT2D eigenvalue weighted by molar-refractivity contribution is 5.61. The van der Waals surface area contributed by atoms with E-state index < -0.39 is 0 Å². The first-order valence-electron chi connectivity index (χ1n) is 6.78. The smallest absolute Gasteiger partial charge is 0.0558 e. The van der Waals surface area contributed by atoms with E-state index in [1.807, 2.05) is 25.4 Å². The Morgan fingerprint density at radius 1 is 1.32 bits per heavy atom. The Labute approximate surface area is 114 Å². The molecule has 3 nitrogen and oxygen atoms in total. The van der Waals surface area contributed by atoms with Gasteiger partial charge < -0.3 is 10.6 Å². The Morgan fingerprint density at radius 3 is 2.95 bits per heavy atom. The highest BCUT2D eigenvalue weighted by Gasteiger charge is 2.26. The minimum atomic E-state index is 0.427. The Kier molecular flexibility index (Phi) is 3.11. The molecule has 0 spiro atoms. The molecule has 2 N–H and O–H groups in total. The molecule has 1 fully saturated rings. The molecule has 98 valence electrons. The summed E-state index contributed by atoms with van der Waals surface area (Å²) in [4.78, 5) is 6.68. The lowest BCUT2D eigenvalue weighted by atomic mass is 10.1. The van der Waals surface area contributed by atoms with E-state index in [9.17, 15) is 0 Å². The number of benzene rings is 1. The van der Waals surface area contributed by atoms with Gasteiger partial charge in [-0.15, -0.1) is 0 Å². The van der Waals surface area contributed by atoms with Gasteiger partial charge in [-0.3, -0.25) is 4.98 Å². The minimum absolute atomic E-state index is 0.427. The fourth-order valence-corrected chi connectivity index (χ4v) is 2.80. The number of anilines is 2. The highest BCUT2D eigenvalue weighted by atomic mass is 15.2. The van der Waals surface area contributed by atoms with Crippen LogP contribution in [0.3, 0.4) is 0 Å². The quantitative estimate of drug-likeness (QED) is 0.835. The van der Waals surface area contributed by atoms with Crippen LogP contribution in [0.5, 0.6) is 0 Å². The van der Waals surface area contributed by atoms with Crippen LogP contribution in [0.15, 0.2) is 42.7 Å². The molecular formula is C16H19N3. The molecule has 0 aliphatic carbocycles. The Balaban J connectivity index is 1.93. The Hall–Kier alpha value is -2.03. The number of hydrogen-bond acceptors (Lipinski definition) is 3. The van der Waals surface area contributed by atoms with Crippen LogP contribution in [0.2, 0.25) is 0 Å². The average Bonchev–Trinajstić information content (AvgIpc) is 2.92. The standard InChI is InChI=1S/C16H19N3/c1-12-6-7-14(10-15(12)17)19-9-3-5-16(19)13-4-2-8-18-11-13/h2,4,6-8,10-11,16H,3,5,9,17H2,1H3. The van der Waals surface area contributed by atoms with Gasteiger partial charge in [-0.05, 0) is 49.1 Å². The molecule has 19 heavy (non-hydrogen) atoms. The van der Waals surface area contributed by atoms with Crippen molar-refractivity contribution in [3.05, 3.63) is 53.9 Å². The van der Waals surface area contributed by atoms with Crippen LogP contribution in [0.1, 0.15) is 30.0 Å². The van der Waals surface area contributed by atoms with Crippen molar-refractivity contribution in [1.82, 2.24) is 4.98 Å². The lowest BCUT2D eigenvalue weighted by molar-refractivity contribution is 0.715. The predicted octanol–water partition coefficient (Wildman–Crippen LogP) is 3.31. The van der Waals surface area contributed by atoms with Crippen LogP contribution < -0.4 is 10.6 Å². The molecule has 0 radical (unpaired) electrons. The van der Waals surface area contributed by atoms with Gasteiger partial charge in [0.05, 0.1) is 6.04 Å². The van der Waals surface area contributed by atoms with Crippen molar-refractivity contribution in [2.75, 3.05) is 17.2 Å². The maximum Gasteiger partial charge on any atom is 0.0558 e. The Morgan fingerprint density at radius 2 is 2.21 bits per heavy atom. The summed E-state index contributed by atoms with van der Waals surface area (Å²) in [7, 11) is 0. The van der Waals surface area contributed by atoms with Crippen LogP contribution in [-0.2, 0) is 0 Å². The first-order valence-corrected chi connectivity index (χ1v) is 6.78. The summed E-state index contributed by atoms with van der Waals surface area (Å²) >= 11 is 0. The summed E-state index contributed by atoms with van der Waals surface area (Å²) in [6.07, 6.45) is 6.19. The summed E-state index contributed by atoms with van der Waals surface area (Å²) < 4.78 is 0. The van der Waals surface area contributed by atoms with Gasteiger partial charge >= 0.3 is 0 Å². The van der Waals surface area contributed by atoms with Gasteiger partial charge in [0, 0.05) is 30.3 Å². The van der Waals surface area contributed by atoms with Crippen LogP contribution in [0.4, 0.5) is 11.4 Å².